The lowest BCUT2D eigenvalue weighted by Crippen LogP contribution is -2.60. The van der Waals surface area contributed by atoms with Crippen molar-refractivity contribution in [3.8, 4) is 0 Å². The molecule has 0 unspecified atom stereocenters. The number of rotatable bonds is 1. The SMILES string of the molecule is C[C@]1(O)CC2(CCN(C3CCCCC3)CC2)OC[C@@H]1O. The molecule has 2 atom stereocenters. The second-order valence-corrected chi connectivity index (χ2v) is 7.37. The first-order chi connectivity index (χ1) is 9.51. The van der Waals surface area contributed by atoms with Crippen LogP contribution in [0.1, 0.15) is 58.3 Å². The van der Waals surface area contributed by atoms with Gasteiger partial charge in [-0.05, 0) is 32.6 Å². The van der Waals surface area contributed by atoms with Gasteiger partial charge in [-0.3, -0.25) is 0 Å². The molecule has 2 aliphatic heterocycles. The lowest BCUT2D eigenvalue weighted by Gasteiger charge is -2.51. The van der Waals surface area contributed by atoms with E-state index in [0.717, 1.165) is 32.0 Å². The predicted molar refractivity (Wildman–Crippen MR) is 77.6 cm³/mol. The molecule has 0 aromatic rings. The second kappa shape index (κ2) is 5.56. The van der Waals surface area contributed by atoms with E-state index in [-0.39, 0.29) is 12.2 Å². The molecule has 2 saturated heterocycles. The first kappa shape index (κ1) is 14.8. The van der Waals surface area contributed by atoms with Gasteiger partial charge < -0.3 is 19.8 Å². The average Bonchev–Trinajstić information content (AvgIpc) is 2.45. The van der Waals surface area contributed by atoms with Crippen LogP contribution in [0.3, 0.4) is 0 Å². The quantitative estimate of drug-likeness (QED) is 0.769. The summed E-state index contributed by atoms with van der Waals surface area (Å²) in [5, 5.41) is 20.2. The molecule has 2 N–H and O–H groups in total. The summed E-state index contributed by atoms with van der Waals surface area (Å²) in [6, 6.07) is 0.774. The van der Waals surface area contributed by atoms with Crippen LogP contribution in [0.2, 0.25) is 0 Å². The van der Waals surface area contributed by atoms with E-state index in [9.17, 15) is 10.2 Å². The zero-order chi connectivity index (χ0) is 14.2. The molecule has 3 aliphatic rings. The zero-order valence-corrected chi connectivity index (χ0v) is 12.7. The van der Waals surface area contributed by atoms with Gasteiger partial charge in [0.2, 0.25) is 0 Å². The minimum absolute atomic E-state index is 0.200. The molecule has 4 nitrogen and oxygen atoms in total. The summed E-state index contributed by atoms with van der Waals surface area (Å²) in [7, 11) is 0. The number of hydrogen-bond acceptors (Lipinski definition) is 4. The van der Waals surface area contributed by atoms with Crippen LogP contribution in [-0.4, -0.2) is 58.2 Å². The molecule has 0 aromatic heterocycles. The molecule has 1 spiro atoms. The summed E-state index contributed by atoms with van der Waals surface area (Å²) in [4.78, 5) is 2.63. The van der Waals surface area contributed by atoms with Crippen LogP contribution in [0.25, 0.3) is 0 Å². The van der Waals surface area contributed by atoms with Gasteiger partial charge in [0.05, 0.1) is 17.8 Å². The highest BCUT2D eigenvalue weighted by molar-refractivity contribution is 5.00. The van der Waals surface area contributed by atoms with Crippen LogP contribution in [0.15, 0.2) is 0 Å². The van der Waals surface area contributed by atoms with E-state index < -0.39 is 11.7 Å². The number of aliphatic hydroxyl groups excluding tert-OH is 1. The van der Waals surface area contributed by atoms with Gasteiger partial charge in [0.15, 0.2) is 0 Å². The van der Waals surface area contributed by atoms with Crippen LogP contribution in [0.5, 0.6) is 0 Å². The van der Waals surface area contributed by atoms with Crippen molar-refractivity contribution in [2.45, 2.75) is 81.6 Å². The molecule has 1 aliphatic carbocycles. The monoisotopic (exact) mass is 283 g/mol. The van der Waals surface area contributed by atoms with E-state index in [1.165, 1.54) is 32.1 Å². The zero-order valence-electron chi connectivity index (χ0n) is 12.7. The molecule has 20 heavy (non-hydrogen) atoms. The minimum Gasteiger partial charge on any atom is -0.388 e. The van der Waals surface area contributed by atoms with Crippen LogP contribution in [0, 0.1) is 0 Å². The second-order valence-electron chi connectivity index (χ2n) is 7.37. The van der Waals surface area contributed by atoms with E-state index in [2.05, 4.69) is 4.90 Å². The molecule has 2 heterocycles. The van der Waals surface area contributed by atoms with Crippen LogP contribution in [-0.2, 0) is 4.74 Å². The van der Waals surface area contributed by atoms with Crippen LogP contribution in [0.4, 0.5) is 0 Å². The summed E-state index contributed by atoms with van der Waals surface area (Å²) in [5.41, 5.74) is -1.20. The number of nitrogens with zero attached hydrogens (tertiary/aromatic N) is 1. The Morgan fingerprint density at radius 3 is 2.35 bits per heavy atom. The first-order valence-corrected chi connectivity index (χ1v) is 8.29. The normalized spacial score (nSPS) is 40.0. The summed E-state index contributed by atoms with van der Waals surface area (Å²) >= 11 is 0. The summed E-state index contributed by atoms with van der Waals surface area (Å²) in [6.45, 7) is 4.18. The fourth-order valence-electron chi connectivity index (χ4n) is 4.32. The molecule has 116 valence electrons. The highest BCUT2D eigenvalue weighted by Crippen LogP contribution is 2.40. The average molecular weight is 283 g/mol. The van der Waals surface area contributed by atoms with Crippen molar-refractivity contribution in [1.29, 1.82) is 0 Å². The number of ether oxygens (including phenoxy) is 1. The van der Waals surface area contributed by atoms with Crippen molar-refractivity contribution in [3.63, 3.8) is 0 Å². The summed E-state index contributed by atoms with van der Waals surface area (Å²) in [5.74, 6) is 0. The Balaban J connectivity index is 1.57. The lowest BCUT2D eigenvalue weighted by atomic mass is 9.76. The molecule has 0 radical (unpaired) electrons. The number of hydrogen-bond donors (Lipinski definition) is 2. The van der Waals surface area contributed by atoms with Crippen molar-refractivity contribution < 1.29 is 14.9 Å². The van der Waals surface area contributed by atoms with E-state index in [1.807, 2.05) is 0 Å². The van der Waals surface area contributed by atoms with Gasteiger partial charge in [0.25, 0.3) is 0 Å². The topological polar surface area (TPSA) is 52.9 Å². The molecule has 0 aromatic carbocycles. The van der Waals surface area contributed by atoms with E-state index in [4.69, 9.17) is 4.74 Å². The number of likely N-dealkylation sites (tertiary alicyclic amines) is 1. The summed E-state index contributed by atoms with van der Waals surface area (Å²) in [6.07, 6.45) is 8.67. The molecular formula is C16H29NO3. The van der Waals surface area contributed by atoms with Crippen molar-refractivity contribution in [3.05, 3.63) is 0 Å². The third-order valence-corrected chi connectivity index (χ3v) is 5.75. The van der Waals surface area contributed by atoms with Crippen LogP contribution >= 0.6 is 0 Å². The highest BCUT2D eigenvalue weighted by Gasteiger charge is 2.48. The Labute approximate surface area is 122 Å². The van der Waals surface area contributed by atoms with Crippen molar-refractivity contribution in [2.75, 3.05) is 19.7 Å². The van der Waals surface area contributed by atoms with Crippen molar-refractivity contribution in [2.24, 2.45) is 0 Å². The van der Waals surface area contributed by atoms with Crippen molar-refractivity contribution >= 4 is 0 Å². The fourth-order valence-corrected chi connectivity index (χ4v) is 4.32. The molecule has 1 saturated carbocycles. The molecule has 0 bridgehead atoms. The minimum atomic E-state index is -0.995. The Hall–Kier alpha value is -0.160. The molecular weight excluding hydrogens is 254 g/mol. The Kier molecular flexibility index (Phi) is 4.10. The highest BCUT2D eigenvalue weighted by atomic mass is 16.5. The maximum atomic E-state index is 10.3. The van der Waals surface area contributed by atoms with E-state index in [1.54, 1.807) is 6.92 Å². The molecule has 3 fully saturated rings. The third kappa shape index (κ3) is 2.89. The molecule has 3 rings (SSSR count). The Bertz CT molecular complexity index is 331. The van der Waals surface area contributed by atoms with Gasteiger partial charge >= 0.3 is 0 Å². The molecule has 4 heteroatoms. The predicted octanol–water partition coefficient (Wildman–Crippen LogP) is 1.69. The first-order valence-electron chi connectivity index (χ1n) is 8.29. The maximum absolute atomic E-state index is 10.3. The van der Waals surface area contributed by atoms with E-state index >= 15 is 0 Å². The smallest absolute Gasteiger partial charge is 0.106 e. The Morgan fingerprint density at radius 1 is 1.10 bits per heavy atom. The fraction of sp³-hybridized carbons (Fsp3) is 1.00. The van der Waals surface area contributed by atoms with Gasteiger partial charge in [-0.2, -0.15) is 0 Å². The third-order valence-electron chi connectivity index (χ3n) is 5.75. The maximum Gasteiger partial charge on any atom is 0.106 e. The lowest BCUT2D eigenvalue weighted by molar-refractivity contribution is -0.224. The molecule has 0 amide bonds. The van der Waals surface area contributed by atoms with Gasteiger partial charge in [-0.1, -0.05) is 19.3 Å². The van der Waals surface area contributed by atoms with Crippen LogP contribution < -0.4 is 0 Å². The number of piperidine rings is 1. The largest absolute Gasteiger partial charge is 0.388 e. The van der Waals surface area contributed by atoms with E-state index in [0.29, 0.717) is 6.42 Å². The van der Waals surface area contributed by atoms with Gasteiger partial charge in [0.1, 0.15) is 6.10 Å². The van der Waals surface area contributed by atoms with Gasteiger partial charge in [0, 0.05) is 25.6 Å². The summed E-state index contributed by atoms with van der Waals surface area (Å²) < 4.78 is 5.95. The van der Waals surface area contributed by atoms with Gasteiger partial charge in [-0.15, -0.1) is 0 Å². The number of aliphatic hydroxyl groups is 2. The standard InChI is InChI=1S/C16H29NO3/c1-15(19)12-16(20-11-14(15)18)7-9-17(10-8-16)13-5-3-2-4-6-13/h13-14,18-19H,2-12H2,1H3/t14-,15-/m0/s1. The Morgan fingerprint density at radius 2 is 1.75 bits per heavy atom. The van der Waals surface area contributed by atoms with Gasteiger partial charge in [-0.25, -0.2) is 0 Å². The van der Waals surface area contributed by atoms with Crippen molar-refractivity contribution in [1.82, 2.24) is 4.90 Å².